The Morgan fingerprint density at radius 2 is 2.06 bits per heavy atom. The highest BCUT2D eigenvalue weighted by molar-refractivity contribution is 5.90. The van der Waals surface area contributed by atoms with E-state index < -0.39 is 0 Å². The van der Waals surface area contributed by atoms with E-state index in [0.717, 1.165) is 0 Å². The number of rotatable bonds is 0. The Kier molecular flexibility index (Phi) is 1.61. The van der Waals surface area contributed by atoms with Gasteiger partial charge in [-0.05, 0) is 50.2 Å². The molecule has 1 heteroatoms. The molecule has 0 amide bonds. The molecule has 1 aromatic carbocycles. The van der Waals surface area contributed by atoms with Gasteiger partial charge in [-0.3, -0.25) is 0 Å². The van der Waals surface area contributed by atoms with Crippen molar-refractivity contribution < 1.29 is 0 Å². The topological polar surface area (TPSA) is 4.93 Å². The van der Waals surface area contributed by atoms with Crippen molar-refractivity contribution in [1.29, 1.82) is 0 Å². The maximum atomic E-state index is 2.64. The second kappa shape index (κ2) is 2.91. The van der Waals surface area contributed by atoms with Crippen LogP contribution in [0.25, 0.3) is 10.9 Å². The minimum absolute atomic E-state index is 0.682. The molecule has 0 unspecified atom stereocenters. The summed E-state index contributed by atoms with van der Waals surface area (Å²) in [5.74, 6) is 0. The fourth-order valence-electron chi connectivity index (χ4n) is 3.76. The van der Waals surface area contributed by atoms with Crippen LogP contribution in [0.5, 0.6) is 0 Å². The highest BCUT2D eigenvalue weighted by Gasteiger charge is 2.28. The van der Waals surface area contributed by atoms with Gasteiger partial charge in [0.25, 0.3) is 0 Å². The van der Waals surface area contributed by atoms with Crippen LogP contribution in [0, 0.1) is 0 Å². The molecule has 2 heterocycles. The predicted octanol–water partition coefficient (Wildman–Crippen LogP) is 3.64. The zero-order valence-electron chi connectivity index (χ0n) is 9.79. The van der Waals surface area contributed by atoms with Crippen molar-refractivity contribution in [2.24, 2.45) is 0 Å². The fraction of sp³-hybridized carbons (Fsp3) is 0.467. The van der Waals surface area contributed by atoms with Crippen molar-refractivity contribution in [3.05, 3.63) is 35.0 Å². The molecule has 0 radical (unpaired) electrons. The van der Waals surface area contributed by atoms with E-state index >= 15 is 0 Å². The molecule has 16 heavy (non-hydrogen) atoms. The lowest BCUT2D eigenvalue weighted by molar-refractivity contribution is 0.546. The lowest BCUT2D eigenvalue weighted by Crippen LogP contribution is -2.10. The van der Waals surface area contributed by atoms with Gasteiger partial charge >= 0.3 is 0 Å². The highest BCUT2D eigenvalue weighted by atomic mass is 15.0. The van der Waals surface area contributed by atoms with Crippen LogP contribution in [0.2, 0.25) is 0 Å². The SMILES string of the molecule is C[C@H]1Cc2cccc3c4c(n1c23)CCCC4. The van der Waals surface area contributed by atoms with E-state index in [0.29, 0.717) is 6.04 Å². The summed E-state index contributed by atoms with van der Waals surface area (Å²) in [6, 6.07) is 7.57. The van der Waals surface area contributed by atoms with E-state index in [1.54, 1.807) is 27.7 Å². The number of hydrogen-bond acceptors (Lipinski definition) is 0. The van der Waals surface area contributed by atoms with E-state index in [1.807, 2.05) is 0 Å². The molecule has 1 aliphatic heterocycles. The van der Waals surface area contributed by atoms with Crippen LogP contribution in [0.4, 0.5) is 0 Å². The Labute approximate surface area is 96.1 Å². The maximum Gasteiger partial charge on any atom is 0.0521 e. The van der Waals surface area contributed by atoms with E-state index in [1.165, 1.54) is 32.1 Å². The molecule has 0 bridgehead atoms. The Balaban J connectivity index is 2.17. The first-order valence-electron chi connectivity index (χ1n) is 6.50. The van der Waals surface area contributed by atoms with Crippen LogP contribution < -0.4 is 0 Å². The Morgan fingerprint density at radius 3 is 3.00 bits per heavy atom. The average molecular weight is 211 g/mol. The quantitative estimate of drug-likeness (QED) is 0.627. The van der Waals surface area contributed by atoms with E-state index in [4.69, 9.17) is 0 Å². The zero-order valence-corrected chi connectivity index (χ0v) is 9.79. The minimum Gasteiger partial charge on any atom is -0.341 e. The van der Waals surface area contributed by atoms with Gasteiger partial charge in [-0.2, -0.15) is 0 Å². The average Bonchev–Trinajstić information content (AvgIpc) is 2.82. The smallest absolute Gasteiger partial charge is 0.0521 e. The molecular weight excluding hydrogens is 194 g/mol. The molecule has 1 atom stereocenters. The second-order valence-corrected chi connectivity index (χ2v) is 5.37. The summed E-state index contributed by atoms with van der Waals surface area (Å²) in [4.78, 5) is 0. The number of hydrogen-bond donors (Lipinski definition) is 0. The molecule has 2 aromatic rings. The van der Waals surface area contributed by atoms with Crippen LogP contribution in [0.15, 0.2) is 18.2 Å². The normalized spacial score (nSPS) is 22.7. The van der Waals surface area contributed by atoms with Gasteiger partial charge in [-0.15, -0.1) is 0 Å². The number of aromatic nitrogens is 1. The van der Waals surface area contributed by atoms with Gasteiger partial charge in [0.15, 0.2) is 0 Å². The minimum atomic E-state index is 0.682. The Morgan fingerprint density at radius 1 is 1.19 bits per heavy atom. The second-order valence-electron chi connectivity index (χ2n) is 5.37. The first-order chi connectivity index (χ1) is 7.86. The van der Waals surface area contributed by atoms with E-state index in [9.17, 15) is 0 Å². The highest BCUT2D eigenvalue weighted by Crippen LogP contribution is 2.41. The molecule has 0 saturated heterocycles. The summed E-state index contributed by atoms with van der Waals surface area (Å²) in [6.07, 6.45) is 6.60. The van der Waals surface area contributed by atoms with Gasteiger partial charge in [-0.1, -0.05) is 18.2 Å². The third-order valence-electron chi connectivity index (χ3n) is 4.37. The largest absolute Gasteiger partial charge is 0.341 e. The van der Waals surface area contributed by atoms with Crippen LogP contribution in [-0.4, -0.2) is 4.57 Å². The predicted molar refractivity (Wildman–Crippen MR) is 67.0 cm³/mol. The standard InChI is InChI=1S/C15H17N/c1-10-9-11-5-4-7-13-12-6-2-3-8-14(12)16(10)15(11)13/h4-5,7,10H,2-3,6,8-9H2,1H3/t10-/m0/s1. The number of nitrogens with zero attached hydrogens (tertiary/aromatic N) is 1. The summed E-state index contributed by atoms with van der Waals surface area (Å²) in [5, 5.41) is 1.55. The molecule has 0 N–H and O–H groups in total. The van der Waals surface area contributed by atoms with Crippen LogP contribution in [0.3, 0.4) is 0 Å². The van der Waals surface area contributed by atoms with Crippen molar-refractivity contribution in [2.45, 2.75) is 45.1 Å². The Bertz CT molecular complexity index is 577. The molecule has 1 aromatic heterocycles. The van der Waals surface area contributed by atoms with Gasteiger partial charge in [0.05, 0.1) is 5.52 Å². The molecular formula is C15H17N. The molecule has 1 aliphatic carbocycles. The van der Waals surface area contributed by atoms with Crippen molar-refractivity contribution in [2.75, 3.05) is 0 Å². The summed E-state index contributed by atoms with van der Waals surface area (Å²) < 4.78 is 2.64. The lowest BCUT2D eigenvalue weighted by atomic mass is 9.94. The van der Waals surface area contributed by atoms with Gasteiger partial charge in [-0.25, -0.2) is 0 Å². The maximum absolute atomic E-state index is 2.64. The van der Waals surface area contributed by atoms with Crippen molar-refractivity contribution in [3.63, 3.8) is 0 Å². The summed E-state index contributed by atoms with van der Waals surface area (Å²) >= 11 is 0. The van der Waals surface area contributed by atoms with Crippen molar-refractivity contribution >= 4 is 10.9 Å². The summed E-state index contributed by atoms with van der Waals surface area (Å²) in [5.41, 5.74) is 6.44. The molecule has 4 rings (SSSR count). The summed E-state index contributed by atoms with van der Waals surface area (Å²) in [7, 11) is 0. The monoisotopic (exact) mass is 211 g/mol. The van der Waals surface area contributed by atoms with Crippen LogP contribution >= 0.6 is 0 Å². The third kappa shape index (κ3) is 0.922. The number of para-hydroxylation sites is 1. The van der Waals surface area contributed by atoms with Crippen LogP contribution in [0.1, 0.15) is 42.6 Å². The summed E-state index contributed by atoms with van der Waals surface area (Å²) in [6.45, 7) is 2.37. The molecule has 1 nitrogen and oxygen atoms in total. The van der Waals surface area contributed by atoms with Gasteiger partial charge in [0.2, 0.25) is 0 Å². The van der Waals surface area contributed by atoms with Crippen molar-refractivity contribution in [3.8, 4) is 0 Å². The zero-order chi connectivity index (χ0) is 10.7. The van der Waals surface area contributed by atoms with Crippen molar-refractivity contribution in [1.82, 2.24) is 4.57 Å². The Hall–Kier alpha value is -1.24. The fourth-order valence-corrected chi connectivity index (χ4v) is 3.76. The van der Waals surface area contributed by atoms with Gasteiger partial charge in [0.1, 0.15) is 0 Å². The third-order valence-corrected chi connectivity index (χ3v) is 4.37. The van der Waals surface area contributed by atoms with E-state index in [2.05, 4.69) is 29.7 Å². The molecule has 82 valence electrons. The number of benzene rings is 1. The lowest BCUT2D eigenvalue weighted by Gasteiger charge is -2.18. The molecule has 2 aliphatic rings. The number of aryl methyl sites for hydroxylation is 1. The molecule has 0 fully saturated rings. The molecule has 0 spiro atoms. The van der Waals surface area contributed by atoms with Crippen LogP contribution in [-0.2, 0) is 19.3 Å². The van der Waals surface area contributed by atoms with E-state index in [-0.39, 0.29) is 0 Å². The van der Waals surface area contributed by atoms with Gasteiger partial charge < -0.3 is 4.57 Å². The first-order valence-corrected chi connectivity index (χ1v) is 6.50. The molecule has 0 saturated carbocycles. The van der Waals surface area contributed by atoms with Gasteiger partial charge in [0, 0.05) is 17.1 Å². The number of fused-ring (bicyclic) bond motifs is 3. The first kappa shape index (κ1) is 8.86.